The molecule has 0 aliphatic carbocycles. The van der Waals surface area contributed by atoms with E-state index in [4.69, 9.17) is 14.9 Å². The maximum absolute atomic E-state index is 11.7. The Morgan fingerprint density at radius 2 is 2.37 bits per heavy atom. The van der Waals surface area contributed by atoms with Crippen molar-refractivity contribution in [3.63, 3.8) is 0 Å². The molecule has 6 heteroatoms. The van der Waals surface area contributed by atoms with E-state index in [0.29, 0.717) is 28.6 Å². The number of furan rings is 1. The van der Waals surface area contributed by atoms with Crippen molar-refractivity contribution in [1.82, 2.24) is 4.98 Å². The third-order valence-corrected chi connectivity index (χ3v) is 3.41. The van der Waals surface area contributed by atoms with Crippen molar-refractivity contribution in [1.29, 1.82) is 0 Å². The van der Waals surface area contributed by atoms with Crippen LogP contribution in [0.25, 0.3) is 0 Å². The van der Waals surface area contributed by atoms with Gasteiger partial charge in [-0.1, -0.05) is 11.8 Å². The summed E-state index contributed by atoms with van der Waals surface area (Å²) in [7, 11) is 0. The van der Waals surface area contributed by atoms with Gasteiger partial charge in [0.15, 0.2) is 0 Å². The lowest BCUT2D eigenvalue weighted by molar-refractivity contribution is 0.0527. The van der Waals surface area contributed by atoms with E-state index in [1.165, 1.54) is 11.8 Å². The molecule has 0 atom stereocenters. The summed E-state index contributed by atoms with van der Waals surface area (Å²) < 4.78 is 10.2. The van der Waals surface area contributed by atoms with Crippen LogP contribution in [0.5, 0.6) is 0 Å². The lowest BCUT2D eigenvalue weighted by Crippen LogP contribution is -2.09. The van der Waals surface area contributed by atoms with E-state index in [1.807, 2.05) is 12.1 Å². The highest BCUT2D eigenvalue weighted by atomic mass is 32.2. The van der Waals surface area contributed by atoms with Gasteiger partial charge in [-0.25, -0.2) is 9.78 Å². The number of anilines is 1. The molecule has 0 aliphatic heterocycles. The van der Waals surface area contributed by atoms with Gasteiger partial charge in [-0.2, -0.15) is 0 Å². The minimum absolute atomic E-state index is 0.315. The van der Waals surface area contributed by atoms with Gasteiger partial charge in [-0.05, 0) is 25.1 Å². The van der Waals surface area contributed by atoms with Gasteiger partial charge in [0.25, 0.3) is 0 Å². The number of rotatable bonds is 5. The van der Waals surface area contributed by atoms with Gasteiger partial charge >= 0.3 is 5.97 Å². The quantitative estimate of drug-likeness (QED) is 0.669. The molecular weight excluding hydrogens is 264 g/mol. The third-order valence-electron chi connectivity index (χ3n) is 2.38. The van der Waals surface area contributed by atoms with Crippen LogP contribution >= 0.6 is 11.8 Å². The first-order valence-corrected chi connectivity index (χ1v) is 6.77. The van der Waals surface area contributed by atoms with E-state index in [1.54, 1.807) is 25.5 Å². The lowest BCUT2D eigenvalue weighted by atomic mass is 10.2. The van der Waals surface area contributed by atoms with E-state index in [0.717, 1.165) is 5.76 Å². The molecule has 0 unspecified atom stereocenters. The topological polar surface area (TPSA) is 78.3 Å². The Morgan fingerprint density at radius 1 is 1.53 bits per heavy atom. The van der Waals surface area contributed by atoms with Crippen LogP contribution in [0.15, 0.2) is 40.1 Å². The fourth-order valence-electron chi connectivity index (χ4n) is 1.49. The summed E-state index contributed by atoms with van der Waals surface area (Å²) >= 11 is 1.42. The standard InChI is InChI=1S/C13H14N2O3S/c1-2-17-13(16)10-5-6-15-12(11(10)14)19-8-9-4-3-7-18-9/h3-7H,2,8,14H2,1H3. The van der Waals surface area contributed by atoms with Gasteiger partial charge in [-0.15, -0.1) is 0 Å². The summed E-state index contributed by atoms with van der Waals surface area (Å²) in [6, 6.07) is 5.25. The number of hydrogen-bond donors (Lipinski definition) is 1. The Balaban J connectivity index is 2.13. The number of nitrogens with zero attached hydrogens (tertiary/aromatic N) is 1. The number of nitrogens with two attached hydrogens (primary N) is 1. The van der Waals surface area contributed by atoms with Crippen molar-refractivity contribution < 1.29 is 13.9 Å². The van der Waals surface area contributed by atoms with Crippen LogP contribution in [0.4, 0.5) is 5.69 Å². The molecule has 0 fully saturated rings. The molecular formula is C13H14N2O3S. The zero-order valence-electron chi connectivity index (χ0n) is 10.5. The van der Waals surface area contributed by atoms with Crippen molar-refractivity contribution in [2.45, 2.75) is 17.7 Å². The summed E-state index contributed by atoms with van der Waals surface area (Å²) in [4.78, 5) is 15.9. The number of thioether (sulfide) groups is 1. The van der Waals surface area contributed by atoms with E-state index < -0.39 is 5.97 Å². The molecule has 0 bridgehead atoms. The molecule has 0 aromatic carbocycles. The predicted octanol–water partition coefficient (Wildman–Crippen LogP) is 2.73. The predicted molar refractivity (Wildman–Crippen MR) is 72.9 cm³/mol. The molecule has 100 valence electrons. The van der Waals surface area contributed by atoms with Crippen molar-refractivity contribution in [2.24, 2.45) is 0 Å². The number of ether oxygens (including phenoxy) is 1. The van der Waals surface area contributed by atoms with Gasteiger partial charge in [0, 0.05) is 6.20 Å². The van der Waals surface area contributed by atoms with E-state index >= 15 is 0 Å². The first kappa shape index (κ1) is 13.5. The molecule has 2 aromatic rings. The molecule has 0 aliphatic rings. The Kier molecular flexibility index (Phi) is 4.46. The number of aromatic nitrogens is 1. The first-order chi connectivity index (χ1) is 9.22. The molecule has 0 saturated carbocycles. The number of nitrogen functional groups attached to an aromatic ring is 1. The average molecular weight is 278 g/mol. The van der Waals surface area contributed by atoms with E-state index in [-0.39, 0.29) is 0 Å². The third kappa shape index (κ3) is 3.29. The molecule has 5 nitrogen and oxygen atoms in total. The molecule has 2 heterocycles. The van der Waals surface area contributed by atoms with Crippen LogP contribution < -0.4 is 5.73 Å². The second-order valence-electron chi connectivity index (χ2n) is 3.67. The number of hydrogen-bond acceptors (Lipinski definition) is 6. The normalized spacial score (nSPS) is 10.4. The maximum Gasteiger partial charge on any atom is 0.340 e. The lowest BCUT2D eigenvalue weighted by Gasteiger charge is -2.08. The monoisotopic (exact) mass is 278 g/mol. The fraction of sp³-hybridized carbons (Fsp3) is 0.231. The Morgan fingerprint density at radius 3 is 3.05 bits per heavy atom. The SMILES string of the molecule is CCOC(=O)c1ccnc(SCc2ccco2)c1N. The van der Waals surface area contributed by atoms with Gasteiger partial charge < -0.3 is 14.9 Å². The molecule has 2 aromatic heterocycles. The van der Waals surface area contributed by atoms with Gasteiger partial charge in [0.05, 0.1) is 29.9 Å². The molecule has 0 amide bonds. The number of carbonyl (C=O) groups excluding carboxylic acids is 1. The molecule has 2 rings (SSSR count). The highest BCUT2D eigenvalue weighted by Gasteiger charge is 2.15. The zero-order valence-corrected chi connectivity index (χ0v) is 11.3. The Hall–Kier alpha value is -1.95. The summed E-state index contributed by atoms with van der Waals surface area (Å²) in [5, 5.41) is 0.599. The van der Waals surface area contributed by atoms with E-state index in [2.05, 4.69) is 4.98 Å². The smallest absolute Gasteiger partial charge is 0.340 e. The summed E-state index contributed by atoms with van der Waals surface area (Å²) in [6.45, 7) is 2.07. The van der Waals surface area contributed by atoms with Gasteiger partial charge in [-0.3, -0.25) is 0 Å². The maximum atomic E-state index is 11.7. The van der Waals surface area contributed by atoms with Crippen LogP contribution in [-0.4, -0.2) is 17.6 Å². The summed E-state index contributed by atoms with van der Waals surface area (Å²) in [5.41, 5.74) is 6.63. The largest absolute Gasteiger partial charge is 0.468 e. The second-order valence-corrected chi connectivity index (χ2v) is 4.63. The van der Waals surface area contributed by atoms with Crippen LogP contribution in [0.3, 0.4) is 0 Å². The highest BCUT2D eigenvalue weighted by Crippen LogP contribution is 2.28. The van der Waals surface area contributed by atoms with Crippen molar-refractivity contribution >= 4 is 23.4 Å². The summed E-state index contributed by atoms with van der Waals surface area (Å²) in [6.07, 6.45) is 3.16. The average Bonchev–Trinajstić information content (AvgIpc) is 2.91. The minimum Gasteiger partial charge on any atom is -0.468 e. The zero-order chi connectivity index (χ0) is 13.7. The number of carbonyl (C=O) groups is 1. The van der Waals surface area contributed by atoms with Crippen LogP contribution in [0.2, 0.25) is 0 Å². The molecule has 0 spiro atoms. The molecule has 2 N–H and O–H groups in total. The number of esters is 1. The van der Waals surface area contributed by atoms with Crippen LogP contribution in [0.1, 0.15) is 23.0 Å². The second kappa shape index (κ2) is 6.29. The fourth-order valence-corrected chi connectivity index (χ4v) is 2.33. The van der Waals surface area contributed by atoms with Crippen molar-refractivity contribution in [3.8, 4) is 0 Å². The molecule has 0 radical (unpaired) electrons. The molecule has 0 saturated heterocycles. The van der Waals surface area contributed by atoms with Gasteiger partial charge in [0.2, 0.25) is 0 Å². The van der Waals surface area contributed by atoms with Crippen molar-refractivity contribution in [2.75, 3.05) is 12.3 Å². The number of pyridine rings is 1. The van der Waals surface area contributed by atoms with Gasteiger partial charge in [0.1, 0.15) is 10.8 Å². The highest BCUT2D eigenvalue weighted by molar-refractivity contribution is 7.98. The Bertz CT molecular complexity index is 555. The Labute approximate surface area is 115 Å². The van der Waals surface area contributed by atoms with Crippen LogP contribution in [-0.2, 0) is 10.5 Å². The summed E-state index contributed by atoms with van der Waals surface area (Å²) in [5.74, 6) is 1.01. The molecule has 19 heavy (non-hydrogen) atoms. The van der Waals surface area contributed by atoms with Crippen molar-refractivity contribution in [3.05, 3.63) is 42.0 Å². The van der Waals surface area contributed by atoms with Crippen LogP contribution in [0, 0.1) is 0 Å². The van der Waals surface area contributed by atoms with E-state index in [9.17, 15) is 4.79 Å². The minimum atomic E-state index is -0.428. The first-order valence-electron chi connectivity index (χ1n) is 5.79.